The monoisotopic (exact) mass is 346 g/mol. The highest BCUT2D eigenvalue weighted by molar-refractivity contribution is 5.91. The van der Waals surface area contributed by atoms with Crippen LogP contribution in [-0.2, 0) is 4.74 Å². The summed E-state index contributed by atoms with van der Waals surface area (Å²) in [5.41, 5.74) is 0.622. The second-order valence-electron chi connectivity index (χ2n) is 6.56. The molecule has 2 saturated heterocycles. The summed E-state index contributed by atoms with van der Waals surface area (Å²) in [6.07, 6.45) is 6.79. The van der Waals surface area contributed by atoms with Crippen LogP contribution in [0.5, 0.6) is 0 Å². The topological polar surface area (TPSA) is 91.7 Å². The van der Waals surface area contributed by atoms with E-state index in [-0.39, 0.29) is 5.91 Å². The Bertz CT molecular complexity index is 600. The van der Waals surface area contributed by atoms with E-state index in [1.54, 1.807) is 6.20 Å². The zero-order valence-electron chi connectivity index (χ0n) is 14.7. The molecular formula is C17H26N6O2. The van der Waals surface area contributed by atoms with Crippen molar-refractivity contribution >= 4 is 11.9 Å². The van der Waals surface area contributed by atoms with Crippen molar-refractivity contribution in [1.82, 2.24) is 25.5 Å². The van der Waals surface area contributed by atoms with E-state index in [4.69, 9.17) is 4.74 Å². The fourth-order valence-electron chi connectivity index (χ4n) is 3.35. The van der Waals surface area contributed by atoms with Crippen molar-refractivity contribution in [2.75, 3.05) is 45.9 Å². The first kappa shape index (κ1) is 17.6. The van der Waals surface area contributed by atoms with Gasteiger partial charge in [0.25, 0.3) is 5.91 Å². The third-order valence-electron chi connectivity index (χ3n) is 4.71. The summed E-state index contributed by atoms with van der Waals surface area (Å²) < 4.78 is 5.59. The van der Waals surface area contributed by atoms with Crippen molar-refractivity contribution in [2.24, 2.45) is 10.4 Å². The van der Waals surface area contributed by atoms with Crippen molar-refractivity contribution in [1.29, 1.82) is 0 Å². The number of carbonyl (C=O) groups excluding carboxylic acids is 1. The molecule has 2 aliphatic heterocycles. The van der Waals surface area contributed by atoms with Crippen LogP contribution in [0.4, 0.5) is 0 Å². The normalized spacial score (nSPS) is 23.2. The van der Waals surface area contributed by atoms with Crippen molar-refractivity contribution in [3.05, 3.63) is 24.3 Å². The molecule has 25 heavy (non-hydrogen) atoms. The van der Waals surface area contributed by atoms with E-state index in [0.717, 1.165) is 51.6 Å². The molecule has 0 aliphatic carbocycles. The van der Waals surface area contributed by atoms with E-state index in [9.17, 15) is 4.79 Å². The molecule has 1 atom stereocenters. The Hall–Kier alpha value is -2.22. The molecule has 2 fully saturated rings. The van der Waals surface area contributed by atoms with Crippen molar-refractivity contribution < 1.29 is 9.53 Å². The average Bonchev–Trinajstić information content (AvgIpc) is 3.28. The van der Waals surface area contributed by atoms with Crippen LogP contribution in [0.3, 0.4) is 0 Å². The highest BCUT2D eigenvalue weighted by Gasteiger charge is 2.42. The van der Waals surface area contributed by atoms with Crippen LogP contribution in [0, 0.1) is 5.41 Å². The molecule has 1 unspecified atom stereocenters. The molecule has 0 aromatic carbocycles. The Kier molecular flexibility index (Phi) is 5.80. The van der Waals surface area contributed by atoms with E-state index in [2.05, 4.69) is 37.4 Å². The van der Waals surface area contributed by atoms with Gasteiger partial charge in [0.15, 0.2) is 5.96 Å². The smallest absolute Gasteiger partial charge is 0.271 e. The molecule has 8 heteroatoms. The van der Waals surface area contributed by atoms with E-state index in [1.165, 1.54) is 12.4 Å². The van der Waals surface area contributed by atoms with Gasteiger partial charge in [0.1, 0.15) is 5.69 Å². The molecule has 3 rings (SSSR count). The Labute approximate surface area is 148 Å². The van der Waals surface area contributed by atoms with Crippen molar-refractivity contribution in [3.8, 4) is 0 Å². The molecule has 0 bridgehead atoms. The van der Waals surface area contributed by atoms with Crippen LogP contribution >= 0.6 is 0 Å². The minimum atomic E-state index is -0.225. The van der Waals surface area contributed by atoms with Crippen LogP contribution in [0.1, 0.15) is 30.3 Å². The first-order valence-electron chi connectivity index (χ1n) is 8.88. The van der Waals surface area contributed by atoms with Crippen LogP contribution in [0.2, 0.25) is 0 Å². The minimum absolute atomic E-state index is 0.225. The summed E-state index contributed by atoms with van der Waals surface area (Å²) in [6.45, 7) is 7.60. The van der Waals surface area contributed by atoms with Crippen LogP contribution < -0.4 is 10.6 Å². The summed E-state index contributed by atoms with van der Waals surface area (Å²) in [7, 11) is 0. The molecule has 1 aromatic rings. The van der Waals surface area contributed by atoms with Gasteiger partial charge < -0.3 is 20.3 Å². The quantitative estimate of drug-likeness (QED) is 0.452. The SMILES string of the molecule is CCNC(=NCCNC(=O)c1cnccn1)N1CCC2(CCOC2)C1. The molecular weight excluding hydrogens is 320 g/mol. The number of aromatic nitrogens is 2. The Morgan fingerprint density at radius 1 is 1.40 bits per heavy atom. The zero-order chi connectivity index (χ0) is 17.5. The highest BCUT2D eigenvalue weighted by Crippen LogP contribution is 2.38. The summed E-state index contributed by atoms with van der Waals surface area (Å²) in [5, 5.41) is 6.17. The number of nitrogens with zero attached hydrogens (tertiary/aromatic N) is 4. The van der Waals surface area contributed by atoms with Gasteiger partial charge in [0, 0.05) is 50.6 Å². The van der Waals surface area contributed by atoms with Gasteiger partial charge in [-0.05, 0) is 19.8 Å². The Morgan fingerprint density at radius 3 is 3.04 bits per heavy atom. The van der Waals surface area contributed by atoms with Crippen LogP contribution in [0.15, 0.2) is 23.6 Å². The molecule has 1 amide bonds. The molecule has 8 nitrogen and oxygen atoms in total. The van der Waals surface area contributed by atoms with Gasteiger partial charge in [-0.15, -0.1) is 0 Å². The predicted octanol–water partition coefficient (Wildman–Crippen LogP) is 0.284. The second kappa shape index (κ2) is 8.24. The van der Waals surface area contributed by atoms with Crippen LogP contribution in [-0.4, -0.2) is 72.7 Å². The third kappa shape index (κ3) is 4.45. The predicted molar refractivity (Wildman–Crippen MR) is 94.4 cm³/mol. The Morgan fingerprint density at radius 2 is 2.32 bits per heavy atom. The number of hydrogen-bond donors (Lipinski definition) is 2. The number of aliphatic imine (C=N–C) groups is 1. The first-order chi connectivity index (χ1) is 12.2. The minimum Gasteiger partial charge on any atom is -0.381 e. The Balaban J connectivity index is 1.50. The van der Waals surface area contributed by atoms with Gasteiger partial charge in [-0.2, -0.15) is 0 Å². The number of ether oxygens (including phenoxy) is 1. The van der Waals surface area contributed by atoms with Gasteiger partial charge in [-0.3, -0.25) is 14.8 Å². The average molecular weight is 346 g/mol. The molecule has 2 aliphatic rings. The van der Waals surface area contributed by atoms with Gasteiger partial charge in [-0.25, -0.2) is 4.98 Å². The molecule has 136 valence electrons. The number of nitrogens with one attached hydrogen (secondary N) is 2. The lowest BCUT2D eigenvalue weighted by atomic mass is 9.87. The maximum Gasteiger partial charge on any atom is 0.271 e. The van der Waals surface area contributed by atoms with Crippen LogP contribution in [0.25, 0.3) is 0 Å². The number of carbonyl (C=O) groups is 1. The first-order valence-corrected chi connectivity index (χ1v) is 8.88. The summed E-state index contributed by atoms with van der Waals surface area (Å²) in [6, 6.07) is 0. The molecule has 0 saturated carbocycles. The standard InChI is InChI=1S/C17H26N6O2/c1-2-19-16(23-9-3-17(12-23)4-10-25-13-17)22-8-7-21-15(24)14-11-18-5-6-20-14/h5-6,11H,2-4,7-10,12-13H2,1H3,(H,19,22)(H,21,24). The summed E-state index contributed by atoms with van der Waals surface area (Å²) in [4.78, 5) is 26.8. The number of hydrogen-bond acceptors (Lipinski definition) is 5. The van der Waals surface area contributed by atoms with E-state index in [0.29, 0.717) is 24.2 Å². The summed E-state index contributed by atoms with van der Waals surface area (Å²) in [5.74, 6) is 0.691. The highest BCUT2D eigenvalue weighted by atomic mass is 16.5. The number of amides is 1. The molecule has 1 spiro atoms. The lowest BCUT2D eigenvalue weighted by Crippen LogP contribution is -2.42. The van der Waals surface area contributed by atoms with Gasteiger partial charge in [0.2, 0.25) is 0 Å². The molecule has 2 N–H and O–H groups in total. The maximum atomic E-state index is 11.9. The summed E-state index contributed by atoms with van der Waals surface area (Å²) >= 11 is 0. The fraction of sp³-hybridized carbons (Fsp3) is 0.647. The van der Waals surface area contributed by atoms with E-state index < -0.39 is 0 Å². The number of guanidine groups is 1. The lowest BCUT2D eigenvalue weighted by molar-refractivity contribution is 0.0949. The van der Waals surface area contributed by atoms with Gasteiger partial charge in [0.05, 0.1) is 19.3 Å². The maximum absolute atomic E-state index is 11.9. The lowest BCUT2D eigenvalue weighted by Gasteiger charge is -2.25. The van der Waals surface area contributed by atoms with Gasteiger partial charge in [-0.1, -0.05) is 0 Å². The zero-order valence-corrected chi connectivity index (χ0v) is 14.7. The third-order valence-corrected chi connectivity index (χ3v) is 4.71. The van der Waals surface area contributed by atoms with Crippen molar-refractivity contribution in [3.63, 3.8) is 0 Å². The number of likely N-dealkylation sites (tertiary alicyclic amines) is 1. The van der Waals surface area contributed by atoms with Crippen molar-refractivity contribution in [2.45, 2.75) is 19.8 Å². The van der Waals surface area contributed by atoms with Gasteiger partial charge >= 0.3 is 0 Å². The van der Waals surface area contributed by atoms with E-state index >= 15 is 0 Å². The molecule has 1 aromatic heterocycles. The molecule has 0 radical (unpaired) electrons. The largest absolute Gasteiger partial charge is 0.381 e. The fourth-order valence-corrected chi connectivity index (χ4v) is 3.35. The number of rotatable bonds is 5. The second-order valence-corrected chi connectivity index (χ2v) is 6.56. The van der Waals surface area contributed by atoms with E-state index in [1.807, 2.05) is 0 Å². The molecule has 3 heterocycles.